The van der Waals surface area contributed by atoms with Gasteiger partial charge in [-0.25, -0.2) is 0 Å². The molecule has 2 aromatic rings. The number of piperidine rings is 1. The lowest BCUT2D eigenvalue weighted by molar-refractivity contribution is -0.134. The van der Waals surface area contributed by atoms with Crippen molar-refractivity contribution in [2.24, 2.45) is 12.2 Å². The number of imide groups is 1. The fourth-order valence-corrected chi connectivity index (χ4v) is 2.55. The van der Waals surface area contributed by atoms with Gasteiger partial charge < -0.3 is 10.6 Å². The number of amides is 2. The van der Waals surface area contributed by atoms with Crippen LogP contribution in [0.15, 0.2) is 23.3 Å². The fraction of sp³-hybridized carbons (Fsp3) is 0.308. The first-order chi connectivity index (χ1) is 9.60. The Morgan fingerprint density at radius 3 is 2.95 bits per heavy atom. The second-order valence-electron chi connectivity index (χ2n) is 4.81. The molecular formula is C13H12N5O2-. The van der Waals surface area contributed by atoms with Crippen molar-refractivity contribution in [1.29, 1.82) is 0 Å². The number of rotatable bonds is 2. The number of hydrogen-bond acceptors (Lipinski definition) is 4. The zero-order valence-electron chi connectivity index (χ0n) is 10.8. The van der Waals surface area contributed by atoms with E-state index in [9.17, 15) is 9.59 Å². The van der Waals surface area contributed by atoms with Crippen molar-refractivity contribution in [2.45, 2.75) is 18.8 Å². The summed E-state index contributed by atoms with van der Waals surface area (Å²) in [4.78, 5) is 23.2. The molecule has 0 spiro atoms. The van der Waals surface area contributed by atoms with Gasteiger partial charge in [-0.2, -0.15) is 5.10 Å². The third kappa shape index (κ3) is 1.87. The molecule has 1 N–H and O–H groups in total. The second-order valence-corrected chi connectivity index (χ2v) is 4.81. The monoisotopic (exact) mass is 270 g/mol. The van der Waals surface area contributed by atoms with E-state index in [1.165, 1.54) is 0 Å². The molecule has 1 aliphatic rings. The highest BCUT2D eigenvalue weighted by Crippen LogP contribution is 2.32. The highest BCUT2D eigenvalue weighted by Gasteiger charge is 2.31. The number of nitrogens with one attached hydrogen (secondary N) is 1. The lowest BCUT2D eigenvalue weighted by Crippen LogP contribution is -2.39. The Hall–Kier alpha value is -2.57. The molecule has 0 saturated carbocycles. The number of nitrogens with zero attached hydrogens (tertiary/aromatic N) is 4. The summed E-state index contributed by atoms with van der Waals surface area (Å²) in [5.74, 6) is -1.03. The number of hydrogen-bond donors (Lipinski definition) is 1. The molecule has 1 aliphatic heterocycles. The zero-order chi connectivity index (χ0) is 14.3. The topological polar surface area (TPSA) is 98.6 Å². The number of carbonyl (C=O) groups is 2. The molecule has 1 unspecified atom stereocenters. The highest BCUT2D eigenvalue weighted by molar-refractivity contribution is 6.02. The first kappa shape index (κ1) is 12.5. The minimum Gasteiger partial charge on any atom is -0.706 e. The predicted molar refractivity (Wildman–Crippen MR) is 71.3 cm³/mol. The molecule has 7 nitrogen and oxygen atoms in total. The molecule has 20 heavy (non-hydrogen) atoms. The van der Waals surface area contributed by atoms with E-state index < -0.39 is 5.92 Å². The molecule has 1 saturated heterocycles. The van der Waals surface area contributed by atoms with Crippen molar-refractivity contribution in [3.05, 3.63) is 29.4 Å². The van der Waals surface area contributed by atoms with E-state index in [2.05, 4.69) is 15.5 Å². The third-order valence-corrected chi connectivity index (χ3v) is 3.55. The summed E-state index contributed by atoms with van der Waals surface area (Å²) in [5.41, 5.74) is 10.7. The van der Waals surface area contributed by atoms with Crippen molar-refractivity contribution in [3.63, 3.8) is 0 Å². The molecule has 2 heterocycles. The molecule has 1 aromatic carbocycles. The van der Waals surface area contributed by atoms with Gasteiger partial charge in [-0.1, -0.05) is 0 Å². The minimum atomic E-state index is -0.453. The molecule has 2 amide bonds. The van der Waals surface area contributed by atoms with Gasteiger partial charge in [0.05, 0.1) is 17.1 Å². The maximum Gasteiger partial charge on any atom is 0.235 e. The fourth-order valence-electron chi connectivity index (χ4n) is 2.55. The number of carbonyl (C=O) groups excluding carboxylic acids is 2. The van der Waals surface area contributed by atoms with Gasteiger partial charge in [-0.3, -0.25) is 19.6 Å². The Balaban J connectivity index is 2.13. The third-order valence-electron chi connectivity index (χ3n) is 3.55. The maximum absolute atomic E-state index is 12.0. The first-order valence-electron chi connectivity index (χ1n) is 6.25. The van der Waals surface area contributed by atoms with Crippen LogP contribution in [0.5, 0.6) is 0 Å². The van der Waals surface area contributed by atoms with Crippen LogP contribution in [0, 0.1) is 0 Å². The van der Waals surface area contributed by atoms with Crippen LogP contribution in [0.1, 0.15) is 24.5 Å². The Morgan fingerprint density at radius 1 is 1.45 bits per heavy atom. The van der Waals surface area contributed by atoms with Gasteiger partial charge in [0, 0.05) is 24.5 Å². The summed E-state index contributed by atoms with van der Waals surface area (Å²) in [6, 6.07) is 5.13. The van der Waals surface area contributed by atoms with Crippen LogP contribution in [0.3, 0.4) is 0 Å². The van der Waals surface area contributed by atoms with E-state index in [0.29, 0.717) is 24.2 Å². The van der Waals surface area contributed by atoms with Crippen LogP contribution < -0.4 is 5.32 Å². The van der Waals surface area contributed by atoms with Crippen molar-refractivity contribution in [3.8, 4) is 0 Å². The van der Waals surface area contributed by atoms with Crippen LogP contribution in [-0.4, -0.2) is 21.6 Å². The van der Waals surface area contributed by atoms with E-state index in [0.717, 1.165) is 10.9 Å². The summed E-state index contributed by atoms with van der Waals surface area (Å²) in [5, 5.41) is 10.6. The standard InChI is InChI=1S/C13H12N5O2/c1-18-10-4-2-7(16-14)6-9(10)12(17-18)8-3-5-11(19)15-13(8)20/h2,4,6,8H,3,5H2,1H3,(H,15,19,20)/q-1. The molecule has 1 fully saturated rings. The molecule has 0 bridgehead atoms. The van der Waals surface area contributed by atoms with E-state index >= 15 is 0 Å². The van der Waals surface area contributed by atoms with E-state index in [-0.39, 0.29) is 11.8 Å². The summed E-state index contributed by atoms with van der Waals surface area (Å²) in [6.45, 7) is 0. The maximum atomic E-state index is 12.0. The molecule has 0 radical (unpaired) electrons. The molecular weight excluding hydrogens is 258 g/mol. The molecule has 0 aliphatic carbocycles. The van der Waals surface area contributed by atoms with Crippen molar-refractivity contribution < 1.29 is 9.59 Å². The lowest BCUT2D eigenvalue weighted by atomic mass is 9.93. The van der Waals surface area contributed by atoms with E-state index in [1.54, 1.807) is 29.9 Å². The zero-order valence-corrected chi connectivity index (χ0v) is 10.8. The number of aromatic nitrogens is 2. The highest BCUT2D eigenvalue weighted by atomic mass is 16.2. The van der Waals surface area contributed by atoms with Crippen LogP contribution in [0.25, 0.3) is 16.4 Å². The average molecular weight is 270 g/mol. The molecule has 1 aromatic heterocycles. The predicted octanol–water partition coefficient (Wildman–Crippen LogP) is 1.75. The van der Waals surface area contributed by atoms with Crippen molar-refractivity contribution >= 4 is 28.4 Å². The molecule has 1 atom stereocenters. The van der Waals surface area contributed by atoms with Crippen LogP contribution in [0.4, 0.5) is 5.69 Å². The van der Waals surface area contributed by atoms with Gasteiger partial charge >= 0.3 is 0 Å². The van der Waals surface area contributed by atoms with Gasteiger partial charge in [0.15, 0.2) is 0 Å². The minimum absolute atomic E-state index is 0.252. The normalized spacial score (nSPS) is 19.1. The average Bonchev–Trinajstić information content (AvgIpc) is 2.75. The van der Waals surface area contributed by atoms with Crippen LogP contribution >= 0.6 is 0 Å². The smallest absolute Gasteiger partial charge is 0.235 e. The summed E-state index contributed by atoms with van der Waals surface area (Å²) in [7, 11) is 1.79. The Morgan fingerprint density at radius 2 is 2.25 bits per heavy atom. The van der Waals surface area contributed by atoms with E-state index in [1.807, 2.05) is 0 Å². The van der Waals surface area contributed by atoms with Crippen molar-refractivity contribution in [2.75, 3.05) is 0 Å². The van der Waals surface area contributed by atoms with Gasteiger partial charge in [-0.15, -0.1) is 0 Å². The summed E-state index contributed by atoms with van der Waals surface area (Å²) < 4.78 is 1.68. The second kappa shape index (κ2) is 4.52. The van der Waals surface area contributed by atoms with Crippen LogP contribution in [-0.2, 0) is 16.6 Å². The number of benzene rings is 1. The Kier molecular flexibility index (Phi) is 2.81. The largest absolute Gasteiger partial charge is 0.706 e. The van der Waals surface area contributed by atoms with Gasteiger partial charge in [0.1, 0.15) is 0 Å². The van der Waals surface area contributed by atoms with Crippen LogP contribution in [0.2, 0.25) is 0 Å². The Bertz CT molecular complexity index is 734. The molecule has 102 valence electrons. The summed E-state index contributed by atoms with van der Waals surface area (Å²) in [6.07, 6.45) is 0.746. The van der Waals surface area contributed by atoms with E-state index in [4.69, 9.17) is 5.53 Å². The molecule has 7 heteroatoms. The lowest BCUT2D eigenvalue weighted by Gasteiger charge is -2.19. The number of aryl methyl sites for hydroxylation is 1. The van der Waals surface area contributed by atoms with Gasteiger partial charge in [0.25, 0.3) is 0 Å². The van der Waals surface area contributed by atoms with Crippen molar-refractivity contribution in [1.82, 2.24) is 15.1 Å². The summed E-state index contributed by atoms with van der Waals surface area (Å²) >= 11 is 0. The van der Waals surface area contributed by atoms with Gasteiger partial charge in [0.2, 0.25) is 11.8 Å². The quantitative estimate of drug-likeness (QED) is 0.664. The SMILES string of the molecule is Cn1nc(C2CCC(=O)NC2=O)c2cc(N=[N-])ccc21. The van der Waals surface area contributed by atoms with Gasteiger partial charge in [-0.05, 0) is 24.6 Å². The first-order valence-corrected chi connectivity index (χ1v) is 6.25. The molecule has 3 rings (SSSR count). The Labute approximate surface area is 114 Å². The number of fused-ring (bicyclic) bond motifs is 1.